The largest absolute Gasteiger partial charge is 0.325 e. The predicted molar refractivity (Wildman–Crippen MR) is 115 cm³/mol. The third kappa shape index (κ3) is 5.09. The van der Waals surface area contributed by atoms with Gasteiger partial charge in [0.25, 0.3) is 0 Å². The minimum Gasteiger partial charge on any atom is -0.325 e. The summed E-state index contributed by atoms with van der Waals surface area (Å²) < 4.78 is 0. The van der Waals surface area contributed by atoms with Crippen LogP contribution in [-0.4, -0.2) is 48.4 Å². The Morgan fingerprint density at radius 2 is 1.64 bits per heavy atom. The first-order valence-electron chi connectivity index (χ1n) is 10.3. The number of carbonyl (C=O) groups is 1. The first-order valence-corrected chi connectivity index (χ1v) is 10.3. The van der Waals surface area contributed by atoms with Crippen LogP contribution < -0.4 is 5.32 Å². The van der Waals surface area contributed by atoms with Gasteiger partial charge in [-0.3, -0.25) is 14.6 Å². The third-order valence-electron chi connectivity index (χ3n) is 5.65. The maximum atomic E-state index is 12.4. The fourth-order valence-corrected chi connectivity index (χ4v) is 4.07. The molecular weight excluding hydrogens is 346 g/mol. The molecule has 28 heavy (non-hydrogen) atoms. The smallest absolute Gasteiger partial charge is 0.238 e. The van der Waals surface area contributed by atoms with Crippen LogP contribution in [0.5, 0.6) is 0 Å². The van der Waals surface area contributed by atoms with Crippen LogP contribution in [0.4, 0.5) is 5.69 Å². The number of hydrogen-bond acceptors (Lipinski definition) is 3. The number of likely N-dealkylation sites (tertiary alicyclic amines) is 1. The number of amides is 1. The maximum absolute atomic E-state index is 12.4. The Bertz CT molecular complexity index is 808. The SMILES string of the molecule is O=C(CN1CC=C(c2ccccc2)CC1)Nc1ccc(CN2CCCC2)cc1. The van der Waals surface area contributed by atoms with Gasteiger partial charge in [0.1, 0.15) is 0 Å². The standard InChI is InChI=1S/C24H29N3O/c28-24(19-27-16-12-22(13-17-27)21-6-2-1-3-7-21)25-23-10-8-20(9-11-23)18-26-14-4-5-15-26/h1-3,6-12H,4-5,13-19H2,(H,25,28). The van der Waals surface area contributed by atoms with Gasteiger partial charge in [-0.15, -0.1) is 0 Å². The lowest BCUT2D eigenvalue weighted by atomic mass is 10.00. The summed E-state index contributed by atoms with van der Waals surface area (Å²) in [6.07, 6.45) is 5.86. The number of anilines is 1. The summed E-state index contributed by atoms with van der Waals surface area (Å²) in [5.74, 6) is 0.0591. The monoisotopic (exact) mass is 375 g/mol. The minimum atomic E-state index is 0.0591. The molecule has 0 unspecified atom stereocenters. The molecule has 4 rings (SSSR count). The first-order chi connectivity index (χ1) is 13.8. The van der Waals surface area contributed by atoms with E-state index in [-0.39, 0.29) is 5.91 Å². The Hall–Kier alpha value is -2.43. The second kappa shape index (κ2) is 9.18. The number of nitrogens with one attached hydrogen (secondary N) is 1. The second-order valence-electron chi connectivity index (χ2n) is 7.81. The van der Waals surface area contributed by atoms with Gasteiger partial charge >= 0.3 is 0 Å². The zero-order valence-corrected chi connectivity index (χ0v) is 16.4. The van der Waals surface area contributed by atoms with E-state index in [1.165, 1.54) is 42.6 Å². The van der Waals surface area contributed by atoms with Gasteiger partial charge in [0.05, 0.1) is 6.54 Å². The van der Waals surface area contributed by atoms with Crippen molar-refractivity contribution in [3.63, 3.8) is 0 Å². The average molecular weight is 376 g/mol. The molecule has 2 aliphatic heterocycles. The van der Waals surface area contributed by atoms with E-state index in [4.69, 9.17) is 0 Å². The van der Waals surface area contributed by atoms with Crippen molar-refractivity contribution in [2.45, 2.75) is 25.8 Å². The Labute approximate surface area is 167 Å². The van der Waals surface area contributed by atoms with Crippen LogP contribution in [0.2, 0.25) is 0 Å². The van der Waals surface area contributed by atoms with Gasteiger partial charge in [0, 0.05) is 25.3 Å². The van der Waals surface area contributed by atoms with E-state index in [2.05, 4.69) is 57.6 Å². The fourth-order valence-electron chi connectivity index (χ4n) is 4.07. The lowest BCUT2D eigenvalue weighted by Crippen LogP contribution is -2.36. The zero-order chi connectivity index (χ0) is 19.2. The lowest BCUT2D eigenvalue weighted by molar-refractivity contribution is -0.117. The van der Waals surface area contributed by atoms with Gasteiger partial charge in [-0.05, 0) is 61.2 Å². The molecule has 2 aliphatic rings. The molecule has 0 radical (unpaired) electrons. The van der Waals surface area contributed by atoms with Crippen LogP contribution in [0, 0.1) is 0 Å². The number of rotatable bonds is 6. The summed E-state index contributed by atoms with van der Waals surface area (Å²) >= 11 is 0. The van der Waals surface area contributed by atoms with Crippen LogP contribution in [0.1, 0.15) is 30.4 Å². The normalized spacial score (nSPS) is 18.1. The van der Waals surface area contributed by atoms with Crippen LogP contribution in [0.25, 0.3) is 5.57 Å². The molecule has 4 nitrogen and oxygen atoms in total. The highest BCUT2D eigenvalue weighted by Crippen LogP contribution is 2.22. The van der Waals surface area contributed by atoms with Crippen LogP contribution >= 0.6 is 0 Å². The molecule has 1 fully saturated rings. The Balaban J connectivity index is 1.25. The summed E-state index contributed by atoms with van der Waals surface area (Å²) in [6.45, 7) is 5.60. The van der Waals surface area contributed by atoms with E-state index in [0.29, 0.717) is 6.54 Å². The van der Waals surface area contributed by atoms with Crippen molar-refractivity contribution in [2.24, 2.45) is 0 Å². The van der Waals surface area contributed by atoms with E-state index in [1.807, 2.05) is 18.2 Å². The van der Waals surface area contributed by atoms with E-state index in [9.17, 15) is 4.79 Å². The number of hydrogen-bond donors (Lipinski definition) is 1. The molecule has 0 aliphatic carbocycles. The number of nitrogens with zero attached hydrogens (tertiary/aromatic N) is 2. The van der Waals surface area contributed by atoms with Crippen LogP contribution in [0.3, 0.4) is 0 Å². The highest BCUT2D eigenvalue weighted by Gasteiger charge is 2.16. The number of benzene rings is 2. The topological polar surface area (TPSA) is 35.6 Å². The molecule has 0 spiro atoms. The second-order valence-corrected chi connectivity index (χ2v) is 7.81. The van der Waals surface area contributed by atoms with Gasteiger partial charge in [-0.2, -0.15) is 0 Å². The molecule has 4 heteroatoms. The van der Waals surface area contributed by atoms with Crippen molar-refractivity contribution in [1.82, 2.24) is 9.80 Å². The average Bonchev–Trinajstić information content (AvgIpc) is 3.24. The summed E-state index contributed by atoms with van der Waals surface area (Å²) in [5, 5.41) is 3.04. The molecule has 0 aromatic heterocycles. The number of carbonyl (C=O) groups excluding carboxylic acids is 1. The molecule has 0 bridgehead atoms. The summed E-state index contributed by atoms with van der Waals surface area (Å²) in [4.78, 5) is 17.1. The van der Waals surface area contributed by atoms with E-state index in [1.54, 1.807) is 0 Å². The Morgan fingerprint density at radius 3 is 2.32 bits per heavy atom. The molecule has 0 saturated carbocycles. The summed E-state index contributed by atoms with van der Waals surface area (Å²) in [5.41, 5.74) is 4.87. The first kappa shape index (κ1) is 18.9. The van der Waals surface area contributed by atoms with Crippen molar-refractivity contribution in [1.29, 1.82) is 0 Å². The quantitative estimate of drug-likeness (QED) is 0.829. The fraction of sp³-hybridized carbons (Fsp3) is 0.375. The van der Waals surface area contributed by atoms with Gasteiger partial charge in [0.2, 0.25) is 5.91 Å². The highest BCUT2D eigenvalue weighted by atomic mass is 16.2. The van der Waals surface area contributed by atoms with Crippen molar-refractivity contribution in [3.8, 4) is 0 Å². The summed E-state index contributed by atoms with van der Waals surface area (Å²) in [7, 11) is 0. The molecule has 0 atom stereocenters. The van der Waals surface area contributed by atoms with Gasteiger partial charge in [0.15, 0.2) is 0 Å². The molecule has 2 aromatic rings. The van der Waals surface area contributed by atoms with Gasteiger partial charge < -0.3 is 5.32 Å². The Kier molecular flexibility index (Phi) is 6.20. The van der Waals surface area contributed by atoms with Crippen molar-refractivity contribution in [2.75, 3.05) is 38.0 Å². The molecule has 2 heterocycles. The molecule has 1 N–H and O–H groups in total. The molecule has 1 amide bonds. The highest BCUT2D eigenvalue weighted by molar-refractivity contribution is 5.92. The van der Waals surface area contributed by atoms with Gasteiger partial charge in [-0.1, -0.05) is 48.5 Å². The lowest BCUT2D eigenvalue weighted by Gasteiger charge is -2.26. The van der Waals surface area contributed by atoms with Crippen molar-refractivity contribution in [3.05, 3.63) is 71.8 Å². The van der Waals surface area contributed by atoms with E-state index in [0.717, 1.165) is 31.7 Å². The Morgan fingerprint density at radius 1 is 0.893 bits per heavy atom. The van der Waals surface area contributed by atoms with Crippen molar-refractivity contribution < 1.29 is 4.79 Å². The van der Waals surface area contributed by atoms with Crippen LogP contribution in [0.15, 0.2) is 60.7 Å². The van der Waals surface area contributed by atoms with Crippen LogP contribution in [-0.2, 0) is 11.3 Å². The molecular formula is C24H29N3O. The zero-order valence-electron chi connectivity index (χ0n) is 16.4. The summed E-state index contributed by atoms with van der Waals surface area (Å²) in [6, 6.07) is 18.8. The molecule has 146 valence electrons. The van der Waals surface area contributed by atoms with Gasteiger partial charge in [-0.25, -0.2) is 0 Å². The van der Waals surface area contributed by atoms with Crippen molar-refractivity contribution >= 4 is 17.2 Å². The molecule has 2 aromatic carbocycles. The van der Waals surface area contributed by atoms with E-state index >= 15 is 0 Å². The third-order valence-corrected chi connectivity index (χ3v) is 5.65. The molecule has 1 saturated heterocycles. The maximum Gasteiger partial charge on any atom is 0.238 e. The predicted octanol–water partition coefficient (Wildman–Crippen LogP) is 4.01. The minimum absolute atomic E-state index is 0.0591. The van der Waals surface area contributed by atoms with E-state index < -0.39 is 0 Å².